The van der Waals surface area contributed by atoms with Gasteiger partial charge >= 0.3 is 5.63 Å². The van der Waals surface area contributed by atoms with Crippen LogP contribution < -0.4 is 10.5 Å². The van der Waals surface area contributed by atoms with Crippen LogP contribution in [-0.4, -0.2) is 18.9 Å². The number of carbonyl (C=O) groups excluding carboxylic acids is 1. The minimum atomic E-state index is -0.515. The molecule has 0 aliphatic carbocycles. The number of anilines is 1. The zero-order valence-electron chi connectivity index (χ0n) is 12.1. The maximum atomic E-state index is 12.0. The smallest absolute Gasteiger partial charge is 0.347 e. The Labute approximate surface area is 122 Å². The molecule has 1 aromatic heterocycles. The molecular weight excluding hydrogens is 266 g/mol. The molecule has 21 heavy (non-hydrogen) atoms. The summed E-state index contributed by atoms with van der Waals surface area (Å²) in [7, 11) is 0. The molecule has 0 atom stereocenters. The zero-order valence-corrected chi connectivity index (χ0v) is 12.1. The number of fused-ring (bicyclic) bond motifs is 2. The van der Waals surface area contributed by atoms with Gasteiger partial charge in [-0.1, -0.05) is 0 Å². The number of carbonyl (C=O) groups is 1. The second kappa shape index (κ2) is 4.45. The van der Waals surface area contributed by atoms with Gasteiger partial charge in [0.15, 0.2) is 5.78 Å². The van der Waals surface area contributed by atoms with Crippen molar-refractivity contribution in [1.82, 2.24) is 0 Å². The Morgan fingerprint density at radius 1 is 1.19 bits per heavy atom. The van der Waals surface area contributed by atoms with E-state index in [1.165, 1.54) is 18.2 Å². The van der Waals surface area contributed by atoms with Crippen molar-refractivity contribution in [2.75, 3.05) is 18.0 Å². The summed E-state index contributed by atoms with van der Waals surface area (Å²) < 4.78 is 5.52. The number of benzene rings is 1. The second-order valence-electron chi connectivity index (χ2n) is 5.98. The van der Waals surface area contributed by atoms with Crippen molar-refractivity contribution < 1.29 is 9.21 Å². The van der Waals surface area contributed by atoms with E-state index in [1.807, 2.05) is 0 Å². The first kappa shape index (κ1) is 12.6. The lowest BCUT2D eigenvalue weighted by Gasteiger charge is -2.37. The van der Waals surface area contributed by atoms with Crippen LogP contribution in [0.15, 0.2) is 21.3 Å². The van der Waals surface area contributed by atoms with E-state index < -0.39 is 5.63 Å². The van der Waals surface area contributed by atoms with Gasteiger partial charge in [-0.15, -0.1) is 0 Å². The molecule has 0 saturated carbocycles. The number of aryl methyl sites for hydroxylation is 2. The zero-order chi connectivity index (χ0) is 14.6. The predicted octanol–water partition coefficient (Wildman–Crippen LogP) is 2.69. The van der Waals surface area contributed by atoms with Crippen LogP contribution in [0.3, 0.4) is 0 Å². The predicted molar refractivity (Wildman–Crippen MR) is 81.3 cm³/mol. The summed E-state index contributed by atoms with van der Waals surface area (Å²) in [5.74, 6) is -0.237. The van der Waals surface area contributed by atoms with Crippen molar-refractivity contribution in [1.29, 1.82) is 0 Å². The van der Waals surface area contributed by atoms with Gasteiger partial charge in [0.25, 0.3) is 0 Å². The monoisotopic (exact) mass is 283 g/mol. The fraction of sp³-hybridized carbons (Fsp3) is 0.412. The number of rotatable bonds is 1. The second-order valence-corrected chi connectivity index (χ2v) is 5.98. The third-order valence-electron chi connectivity index (χ3n) is 4.60. The van der Waals surface area contributed by atoms with E-state index in [2.05, 4.69) is 11.0 Å². The number of nitrogens with zero attached hydrogens (tertiary/aromatic N) is 1. The number of ketones is 1. The van der Waals surface area contributed by atoms with Gasteiger partial charge in [0.2, 0.25) is 0 Å². The summed E-state index contributed by atoms with van der Waals surface area (Å²) in [6, 6.07) is 3.80. The topological polar surface area (TPSA) is 50.5 Å². The Morgan fingerprint density at radius 3 is 2.71 bits per heavy atom. The molecule has 0 amide bonds. The van der Waals surface area contributed by atoms with Crippen LogP contribution >= 0.6 is 0 Å². The number of hydrogen-bond donors (Lipinski definition) is 0. The van der Waals surface area contributed by atoms with Crippen LogP contribution in [0.2, 0.25) is 0 Å². The highest BCUT2D eigenvalue weighted by molar-refractivity contribution is 5.98. The van der Waals surface area contributed by atoms with Crippen molar-refractivity contribution in [3.8, 4) is 0 Å². The van der Waals surface area contributed by atoms with E-state index in [1.54, 1.807) is 6.07 Å². The molecule has 2 aliphatic heterocycles. The van der Waals surface area contributed by atoms with Crippen LogP contribution in [0.4, 0.5) is 5.69 Å². The first-order valence-electron chi connectivity index (χ1n) is 7.53. The summed E-state index contributed by atoms with van der Waals surface area (Å²) in [6.07, 6.45) is 4.25. The molecule has 0 fully saturated rings. The molecule has 4 rings (SSSR count). The van der Waals surface area contributed by atoms with Crippen molar-refractivity contribution >= 4 is 22.4 Å². The molecule has 0 bridgehead atoms. The third kappa shape index (κ3) is 1.82. The summed E-state index contributed by atoms with van der Waals surface area (Å²) in [6.45, 7) is 3.57. The minimum Gasteiger partial charge on any atom is -0.422 e. The van der Waals surface area contributed by atoms with Gasteiger partial charge < -0.3 is 9.32 Å². The SMILES string of the molecule is CC(=O)c1cc2cc3c4c(c2oc1=O)CCCN4CCC3. The summed E-state index contributed by atoms with van der Waals surface area (Å²) in [4.78, 5) is 26.0. The molecule has 2 aromatic rings. The van der Waals surface area contributed by atoms with E-state index in [9.17, 15) is 9.59 Å². The first-order chi connectivity index (χ1) is 10.1. The molecule has 1 aromatic carbocycles. The van der Waals surface area contributed by atoms with Gasteiger partial charge in [0.1, 0.15) is 11.1 Å². The first-order valence-corrected chi connectivity index (χ1v) is 7.53. The Balaban J connectivity index is 2.08. The lowest BCUT2D eigenvalue weighted by Crippen LogP contribution is -2.34. The van der Waals surface area contributed by atoms with Crippen LogP contribution in [0, 0.1) is 0 Å². The van der Waals surface area contributed by atoms with Crippen LogP contribution in [0.1, 0.15) is 41.3 Å². The van der Waals surface area contributed by atoms with Crippen molar-refractivity contribution in [3.63, 3.8) is 0 Å². The quantitative estimate of drug-likeness (QED) is 0.596. The maximum absolute atomic E-state index is 12.0. The molecule has 3 heterocycles. The fourth-order valence-electron chi connectivity index (χ4n) is 3.69. The van der Waals surface area contributed by atoms with Gasteiger partial charge in [0, 0.05) is 29.7 Å². The molecule has 2 aliphatic rings. The molecule has 0 N–H and O–H groups in total. The molecule has 4 heteroatoms. The highest BCUT2D eigenvalue weighted by atomic mass is 16.4. The number of Topliss-reactive ketones (excluding diaryl/α,β-unsaturated/α-hetero) is 1. The van der Waals surface area contributed by atoms with Crippen LogP contribution in [0.25, 0.3) is 11.0 Å². The minimum absolute atomic E-state index is 0.151. The highest BCUT2D eigenvalue weighted by Crippen LogP contribution is 2.39. The van der Waals surface area contributed by atoms with E-state index >= 15 is 0 Å². The molecular formula is C17H17NO3. The van der Waals surface area contributed by atoms with E-state index in [4.69, 9.17) is 4.42 Å². The summed E-state index contributed by atoms with van der Waals surface area (Å²) in [5, 5.41) is 0.886. The van der Waals surface area contributed by atoms with Gasteiger partial charge in [0.05, 0.1) is 0 Å². The third-order valence-corrected chi connectivity index (χ3v) is 4.60. The van der Waals surface area contributed by atoms with Crippen molar-refractivity contribution in [2.45, 2.75) is 32.6 Å². The largest absolute Gasteiger partial charge is 0.422 e. The van der Waals surface area contributed by atoms with Crippen LogP contribution in [0.5, 0.6) is 0 Å². The van der Waals surface area contributed by atoms with E-state index in [0.717, 1.165) is 49.7 Å². The van der Waals surface area contributed by atoms with Crippen molar-refractivity contribution in [3.05, 3.63) is 39.2 Å². The Bertz CT molecular complexity index is 817. The Kier molecular flexibility index (Phi) is 2.67. The number of hydrogen-bond acceptors (Lipinski definition) is 4. The summed E-state index contributed by atoms with van der Waals surface area (Å²) in [5.41, 5.74) is 4.07. The molecule has 0 unspecified atom stereocenters. The lowest BCUT2D eigenvalue weighted by atomic mass is 9.90. The molecule has 0 saturated heterocycles. The summed E-state index contributed by atoms with van der Waals surface area (Å²) >= 11 is 0. The fourth-order valence-corrected chi connectivity index (χ4v) is 3.69. The van der Waals surface area contributed by atoms with E-state index in [0.29, 0.717) is 5.58 Å². The van der Waals surface area contributed by atoms with Crippen LogP contribution in [-0.2, 0) is 12.8 Å². The standard InChI is InChI=1S/C17H17NO3/c1-10(19)14-9-12-8-11-4-2-6-18-7-3-5-13(15(11)18)16(12)21-17(14)20/h8-9H,2-7H2,1H3. The van der Waals surface area contributed by atoms with Crippen molar-refractivity contribution in [2.24, 2.45) is 0 Å². The molecule has 0 radical (unpaired) electrons. The van der Waals surface area contributed by atoms with Gasteiger partial charge in [-0.25, -0.2) is 4.79 Å². The Morgan fingerprint density at radius 2 is 1.95 bits per heavy atom. The Hall–Kier alpha value is -2.10. The van der Waals surface area contributed by atoms with Gasteiger partial charge in [-0.3, -0.25) is 4.79 Å². The normalized spacial score (nSPS) is 16.9. The molecule has 108 valence electrons. The molecule has 0 spiro atoms. The molecule has 4 nitrogen and oxygen atoms in total. The van der Waals surface area contributed by atoms with E-state index in [-0.39, 0.29) is 11.3 Å². The van der Waals surface area contributed by atoms with Gasteiger partial charge in [-0.2, -0.15) is 0 Å². The average molecular weight is 283 g/mol. The average Bonchev–Trinajstić information content (AvgIpc) is 2.48. The highest BCUT2D eigenvalue weighted by Gasteiger charge is 2.27. The van der Waals surface area contributed by atoms with Gasteiger partial charge in [-0.05, 0) is 50.3 Å². The maximum Gasteiger partial charge on any atom is 0.347 e. The lowest BCUT2D eigenvalue weighted by molar-refractivity contribution is 0.101.